The van der Waals surface area contributed by atoms with Crippen molar-refractivity contribution >= 4 is 0 Å². The second-order valence-electron chi connectivity index (χ2n) is 2.72. The van der Waals surface area contributed by atoms with Crippen LogP contribution in [0.5, 0.6) is 0 Å². The first-order valence-corrected chi connectivity index (χ1v) is 3.75. The fourth-order valence-electron chi connectivity index (χ4n) is 1.42. The van der Waals surface area contributed by atoms with E-state index in [-0.39, 0.29) is 0 Å². The van der Waals surface area contributed by atoms with Gasteiger partial charge in [-0.1, -0.05) is 18.1 Å². The van der Waals surface area contributed by atoms with Crippen LogP contribution >= 0.6 is 0 Å². The summed E-state index contributed by atoms with van der Waals surface area (Å²) in [6, 6.07) is 0.378. The van der Waals surface area contributed by atoms with Gasteiger partial charge in [0.05, 0.1) is 0 Å². The van der Waals surface area contributed by atoms with Crippen LogP contribution in [0.25, 0.3) is 0 Å². The van der Waals surface area contributed by atoms with Crippen LogP contribution in [0.1, 0.15) is 32.6 Å². The Kier molecular flexibility index (Phi) is 2.29. The SMILES string of the molecule is CC=C1CCCCC1N. The second-order valence-corrected chi connectivity index (χ2v) is 2.72. The van der Waals surface area contributed by atoms with Crippen LogP contribution in [-0.4, -0.2) is 6.04 Å². The van der Waals surface area contributed by atoms with Crippen molar-refractivity contribution in [2.75, 3.05) is 0 Å². The first kappa shape index (κ1) is 6.81. The number of nitrogens with two attached hydrogens (primary N) is 1. The molecular weight excluding hydrogens is 110 g/mol. The highest BCUT2D eigenvalue weighted by atomic mass is 14.6. The molecule has 1 rings (SSSR count). The molecule has 0 amide bonds. The molecule has 0 heterocycles. The molecule has 1 nitrogen and oxygen atoms in total. The van der Waals surface area contributed by atoms with Gasteiger partial charge < -0.3 is 5.73 Å². The lowest BCUT2D eigenvalue weighted by Gasteiger charge is -2.20. The summed E-state index contributed by atoms with van der Waals surface area (Å²) in [4.78, 5) is 0. The molecule has 1 saturated carbocycles. The maximum absolute atomic E-state index is 5.82. The topological polar surface area (TPSA) is 26.0 Å². The molecule has 1 atom stereocenters. The van der Waals surface area contributed by atoms with Crippen LogP contribution in [0.15, 0.2) is 11.6 Å². The Morgan fingerprint density at radius 2 is 2.33 bits per heavy atom. The predicted octanol–water partition coefficient (Wildman–Crippen LogP) is 1.83. The molecule has 0 bridgehead atoms. The normalized spacial score (nSPS) is 33.1. The molecule has 0 aromatic rings. The van der Waals surface area contributed by atoms with E-state index in [1.54, 1.807) is 0 Å². The van der Waals surface area contributed by atoms with Gasteiger partial charge >= 0.3 is 0 Å². The smallest absolute Gasteiger partial charge is 0.0253 e. The van der Waals surface area contributed by atoms with Crippen molar-refractivity contribution in [3.63, 3.8) is 0 Å². The van der Waals surface area contributed by atoms with Gasteiger partial charge in [-0.3, -0.25) is 0 Å². The van der Waals surface area contributed by atoms with Gasteiger partial charge in [0.15, 0.2) is 0 Å². The van der Waals surface area contributed by atoms with E-state index in [0.717, 1.165) is 0 Å². The van der Waals surface area contributed by atoms with Crippen LogP contribution in [0.2, 0.25) is 0 Å². The van der Waals surface area contributed by atoms with Crippen LogP contribution in [0.4, 0.5) is 0 Å². The summed E-state index contributed by atoms with van der Waals surface area (Å²) in [5.74, 6) is 0. The van der Waals surface area contributed by atoms with Crippen molar-refractivity contribution in [1.82, 2.24) is 0 Å². The quantitative estimate of drug-likeness (QED) is 0.491. The molecule has 1 aliphatic rings. The van der Waals surface area contributed by atoms with Crippen molar-refractivity contribution in [3.8, 4) is 0 Å². The van der Waals surface area contributed by atoms with Crippen molar-refractivity contribution in [3.05, 3.63) is 11.6 Å². The van der Waals surface area contributed by atoms with Crippen molar-refractivity contribution in [1.29, 1.82) is 0 Å². The average Bonchev–Trinajstić information content (AvgIpc) is 1.89. The Hall–Kier alpha value is -0.300. The van der Waals surface area contributed by atoms with E-state index in [1.165, 1.54) is 31.3 Å². The van der Waals surface area contributed by atoms with E-state index in [1.807, 2.05) is 0 Å². The third kappa shape index (κ3) is 1.55. The molecule has 0 aliphatic heterocycles. The predicted molar refractivity (Wildman–Crippen MR) is 40.2 cm³/mol. The van der Waals surface area contributed by atoms with E-state index in [9.17, 15) is 0 Å². The van der Waals surface area contributed by atoms with Crippen LogP contribution in [0, 0.1) is 0 Å². The first-order chi connectivity index (χ1) is 4.34. The largest absolute Gasteiger partial charge is 0.324 e. The summed E-state index contributed by atoms with van der Waals surface area (Å²) in [6.07, 6.45) is 7.26. The Labute approximate surface area is 56.9 Å². The molecule has 0 aromatic carbocycles. The molecule has 0 radical (unpaired) electrons. The number of rotatable bonds is 0. The molecule has 2 N–H and O–H groups in total. The van der Waals surface area contributed by atoms with E-state index < -0.39 is 0 Å². The van der Waals surface area contributed by atoms with E-state index in [2.05, 4.69) is 13.0 Å². The molecule has 0 aromatic heterocycles. The zero-order valence-corrected chi connectivity index (χ0v) is 6.06. The zero-order chi connectivity index (χ0) is 6.69. The Bertz CT molecular complexity index is 116. The highest BCUT2D eigenvalue weighted by Crippen LogP contribution is 2.21. The molecule has 52 valence electrons. The summed E-state index contributed by atoms with van der Waals surface area (Å²) in [6.45, 7) is 2.08. The summed E-state index contributed by atoms with van der Waals surface area (Å²) < 4.78 is 0. The lowest BCUT2D eigenvalue weighted by molar-refractivity contribution is 0.535. The van der Waals surface area contributed by atoms with Crippen LogP contribution in [-0.2, 0) is 0 Å². The summed E-state index contributed by atoms with van der Waals surface area (Å²) in [5.41, 5.74) is 7.28. The van der Waals surface area contributed by atoms with Crippen LogP contribution < -0.4 is 5.73 Å². The van der Waals surface area contributed by atoms with Gasteiger partial charge in [0, 0.05) is 6.04 Å². The van der Waals surface area contributed by atoms with Gasteiger partial charge in [-0.15, -0.1) is 0 Å². The lowest BCUT2D eigenvalue weighted by Crippen LogP contribution is -2.25. The van der Waals surface area contributed by atoms with Gasteiger partial charge in [0.1, 0.15) is 0 Å². The van der Waals surface area contributed by atoms with Gasteiger partial charge in [-0.25, -0.2) is 0 Å². The molecule has 1 unspecified atom stereocenters. The minimum Gasteiger partial charge on any atom is -0.324 e. The molecular formula is C8H15N. The molecule has 1 heteroatoms. The van der Waals surface area contributed by atoms with Crippen molar-refractivity contribution in [2.45, 2.75) is 38.6 Å². The van der Waals surface area contributed by atoms with Gasteiger partial charge in [0.25, 0.3) is 0 Å². The van der Waals surface area contributed by atoms with Gasteiger partial charge in [0.2, 0.25) is 0 Å². The minimum absolute atomic E-state index is 0.378. The zero-order valence-electron chi connectivity index (χ0n) is 6.06. The highest BCUT2D eigenvalue weighted by molar-refractivity contribution is 5.10. The number of hydrogen-bond donors (Lipinski definition) is 1. The molecule has 1 fully saturated rings. The third-order valence-electron chi connectivity index (χ3n) is 2.08. The van der Waals surface area contributed by atoms with E-state index in [4.69, 9.17) is 5.73 Å². The third-order valence-corrected chi connectivity index (χ3v) is 2.08. The maximum atomic E-state index is 5.82. The van der Waals surface area contributed by atoms with Gasteiger partial charge in [-0.05, 0) is 26.2 Å². The number of hydrogen-bond acceptors (Lipinski definition) is 1. The van der Waals surface area contributed by atoms with Crippen molar-refractivity contribution in [2.24, 2.45) is 5.73 Å². The Morgan fingerprint density at radius 3 is 2.78 bits per heavy atom. The first-order valence-electron chi connectivity index (χ1n) is 3.75. The number of allylic oxidation sites excluding steroid dienone is 1. The average molecular weight is 125 g/mol. The monoisotopic (exact) mass is 125 g/mol. The highest BCUT2D eigenvalue weighted by Gasteiger charge is 2.12. The summed E-state index contributed by atoms with van der Waals surface area (Å²) >= 11 is 0. The summed E-state index contributed by atoms with van der Waals surface area (Å²) in [5, 5.41) is 0. The standard InChI is InChI=1S/C8H15N/c1-2-7-5-3-4-6-8(7)9/h2,8H,3-6,9H2,1H3. The summed E-state index contributed by atoms with van der Waals surface area (Å²) in [7, 11) is 0. The molecule has 1 aliphatic carbocycles. The Morgan fingerprint density at radius 1 is 1.56 bits per heavy atom. The van der Waals surface area contributed by atoms with Crippen LogP contribution in [0.3, 0.4) is 0 Å². The fourth-order valence-corrected chi connectivity index (χ4v) is 1.42. The van der Waals surface area contributed by atoms with Crippen molar-refractivity contribution < 1.29 is 0 Å². The lowest BCUT2D eigenvalue weighted by atomic mass is 9.91. The molecule has 0 saturated heterocycles. The molecule has 9 heavy (non-hydrogen) atoms. The van der Waals surface area contributed by atoms with E-state index >= 15 is 0 Å². The van der Waals surface area contributed by atoms with E-state index in [0.29, 0.717) is 6.04 Å². The maximum Gasteiger partial charge on any atom is 0.0253 e. The van der Waals surface area contributed by atoms with Gasteiger partial charge in [-0.2, -0.15) is 0 Å². The second kappa shape index (κ2) is 3.02. The fraction of sp³-hybridized carbons (Fsp3) is 0.750. The minimum atomic E-state index is 0.378. The Balaban J connectivity index is 2.49. The molecule has 0 spiro atoms.